The molecule has 1 aromatic heterocycles. The van der Waals surface area contributed by atoms with E-state index < -0.39 is 6.09 Å². The van der Waals surface area contributed by atoms with Crippen LogP contribution in [0.25, 0.3) is 0 Å². The summed E-state index contributed by atoms with van der Waals surface area (Å²) in [6, 6.07) is 12.8. The summed E-state index contributed by atoms with van der Waals surface area (Å²) in [5, 5.41) is 5.25. The maximum atomic E-state index is 12.5. The highest BCUT2D eigenvalue weighted by Gasteiger charge is 2.28. The number of alkyl carbamates (subject to hydrolysis) is 1. The number of piperidine rings is 1. The Morgan fingerprint density at radius 1 is 1.17 bits per heavy atom. The van der Waals surface area contributed by atoms with Gasteiger partial charge in [-0.25, -0.2) is 9.78 Å². The molecule has 158 valence electrons. The number of benzene rings is 1. The molecule has 0 saturated carbocycles. The Morgan fingerprint density at radius 2 is 1.97 bits per heavy atom. The average molecular weight is 475 g/mol. The Kier molecular flexibility index (Phi) is 7.78. The number of pyridine rings is 1. The first kappa shape index (κ1) is 21.8. The third kappa shape index (κ3) is 6.55. The van der Waals surface area contributed by atoms with Crippen LogP contribution in [0.4, 0.5) is 10.6 Å². The van der Waals surface area contributed by atoms with Gasteiger partial charge < -0.3 is 20.3 Å². The van der Waals surface area contributed by atoms with Crippen molar-refractivity contribution in [3.05, 3.63) is 58.7 Å². The van der Waals surface area contributed by atoms with Crippen LogP contribution in [0.2, 0.25) is 0 Å². The van der Waals surface area contributed by atoms with Crippen molar-refractivity contribution in [2.24, 2.45) is 5.92 Å². The average Bonchev–Trinajstić information content (AvgIpc) is 2.78. The van der Waals surface area contributed by atoms with Crippen molar-refractivity contribution < 1.29 is 19.1 Å². The first-order valence-electron chi connectivity index (χ1n) is 9.66. The van der Waals surface area contributed by atoms with Gasteiger partial charge in [-0.2, -0.15) is 0 Å². The summed E-state index contributed by atoms with van der Waals surface area (Å²) in [4.78, 5) is 42.5. The molecule has 1 aromatic carbocycles. The predicted molar refractivity (Wildman–Crippen MR) is 115 cm³/mol. The highest BCUT2D eigenvalue weighted by Crippen LogP contribution is 2.19. The lowest BCUT2D eigenvalue weighted by Crippen LogP contribution is -2.47. The molecule has 1 atom stereocenters. The molecule has 9 heteroatoms. The fraction of sp³-hybridized carbons (Fsp3) is 0.333. The van der Waals surface area contributed by atoms with E-state index >= 15 is 0 Å². The number of aromatic nitrogens is 1. The van der Waals surface area contributed by atoms with Crippen LogP contribution in [0.3, 0.4) is 0 Å². The molecule has 3 rings (SSSR count). The Bertz CT molecular complexity index is 876. The summed E-state index contributed by atoms with van der Waals surface area (Å²) in [5.74, 6) is -0.267. The number of rotatable bonds is 6. The smallest absolute Gasteiger partial charge is 0.407 e. The molecule has 30 heavy (non-hydrogen) atoms. The van der Waals surface area contributed by atoms with E-state index in [0.29, 0.717) is 25.3 Å². The minimum Gasteiger partial charge on any atom is -0.445 e. The SMILES string of the molecule is O=C(NCC(=O)N1CCCC(C(=O)Nc2ccc(Br)cn2)C1)OCc1ccccc1. The third-order valence-corrected chi connectivity index (χ3v) is 5.19. The molecule has 1 aliphatic heterocycles. The number of carbonyl (C=O) groups excluding carboxylic acids is 3. The van der Waals surface area contributed by atoms with E-state index in [9.17, 15) is 14.4 Å². The Labute approximate surface area is 183 Å². The van der Waals surface area contributed by atoms with Crippen LogP contribution in [0.5, 0.6) is 0 Å². The van der Waals surface area contributed by atoms with Crippen molar-refractivity contribution in [2.45, 2.75) is 19.4 Å². The molecular weight excluding hydrogens is 452 g/mol. The van der Waals surface area contributed by atoms with Gasteiger partial charge in [0.2, 0.25) is 11.8 Å². The van der Waals surface area contributed by atoms with Crippen LogP contribution in [0.15, 0.2) is 53.1 Å². The number of hydrogen-bond donors (Lipinski definition) is 2. The van der Waals surface area contributed by atoms with Gasteiger partial charge in [-0.05, 0) is 46.5 Å². The van der Waals surface area contributed by atoms with Crippen LogP contribution in [0, 0.1) is 5.92 Å². The maximum Gasteiger partial charge on any atom is 0.407 e. The van der Waals surface area contributed by atoms with Gasteiger partial charge in [-0.15, -0.1) is 0 Å². The predicted octanol–water partition coefficient (Wildman–Crippen LogP) is 2.95. The molecule has 2 N–H and O–H groups in total. The van der Waals surface area contributed by atoms with Gasteiger partial charge in [0.15, 0.2) is 0 Å². The van der Waals surface area contributed by atoms with Crippen LogP contribution in [-0.2, 0) is 20.9 Å². The van der Waals surface area contributed by atoms with E-state index in [-0.39, 0.29) is 30.9 Å². The zero-order chi connectivity index (χ0) is 21.3. The van der Waals surface area contributed by atoms with Gasteiger partial charge in [0.05, 0.1) is 5.92 Å². The Hall–Kier alpha value is -2.94. The number of anilines is 1. The first-order chi connectivity index (χ1) is 14.5. The van der Waals surface area contributed by atoms with Gasteiger partial charge in [0.25, 0.3) is 0 Å². The van der Waals surface area contributed by atoms with Gasteiger partial charge >= 0.3 is 6.09 Å². The zero-order valence-electron chi connectivity index (χ0n) is 16.3. The van der Waals surface area contributed by atoms with Crippen molar-refractivity contribution in [3.8, 4) is 0 Å². The second-order valence-corrected chi connectivity index (χ2v) is 7.86. The topological polar surface area (TPSA) is 101 Å². The molecule has 2 aromatic rings. The van der Waals surface area contributed by atoms with Crippen molar-refractivity contribution >= 4 is 39.7 Å². The third-order valence-electron chi connectivity index (χ3n) is 4.72. The molecule has 3 amide bonds. The number of nitrogens with zero attached hydrogens (tertiary/aromatic N) is 2. The number of hydrogen-bond acceptors (Lipinski definition) is 5. The number of nitrogens with one attached hydrogen (secondary N) is 2. The largest absolute Gasteiger partial charge is 0.445 e. The number of carbonyl (C=O) groups is 3. The molecule has 1 unspecified atom stereocenters. The van der Waals surface area contributed by atoms with E-state index in [4.69, 9.17) is 4.74 Å². The standard InChI is InChI=1S/C21H23BrN4O4/c22-17-8-9-18(23-11-17)25-20(28)16-7-4-10-26(13-16)19(27)12-24-21(29)30-14-15-5-2-1-3-6-15/h1-3,5-6,8-9,11,16H,4,7,10,12-14H2,(H,24,29)(H,23,25,28). The minimum absolute atomic E-state index is 0.136. The maximum absolute atomic E-state index is 12.5. The van der Waals surface area contributed by atoms with Crippen molar-refractivity contribution in [2.75, 3.05) is 25.0 Å². The first-order valence-corrected chi connectivity index (χ1v) is 10.5. The van der Waals surface area contributed by atoms with E-state index in [1.54, 1.807) is 23.2 Å². The fourth-order valence-electron chi connectivity index (χ4n) is 3.13. The van der Waals surface area contributed by atoms with Crippen molar-refractivity contribution in [1.82, 2.24) is 15.2 Å². The lowest BCUT2D eigenvalue weighted by Gasteiger charge is -2.32. The van der Waals surface area contributed by atoms with Crippen molar-refractivity contribution in [1.29, 1.82) is 0 Å². The molecule has 1 fully saturated rings. The molecule has 8 nitrogen and oxygen atoms in total. The number of amides is 3. The van der Waals surface area contributed by atoms with Gasteiger partial charge in [0, 0.05) is 23.8 Å². The molecular formula is C21H23BrN4O4. The van der Waals surface area contributed by atoms with Gasteiger partial charge in [-0.3, -0.25) is 9.59 Å². The summed E-state index contributed by atoms with van der Waals surface area (Å²) in [6.45, 7) is 0.828. The minimum atomic E-state index is -0.653. The van der Waals surface area contributed by atoms with Crippen LogP contribution < -0.4 is 10.6 Å². The van der Waals surface area contributed by atoms with Crippen LogP contribution >= 0.6 is 15.9 Å². The Balaban J connectivity index is 1.42. The van der Waals surface area contributed by atoms with Crippen LogP contribution in [-0.4, -0.2) is 47.4 Å². The second-order valence-electron chi connectivity index (χ2n) is 6.95. The highest BCUT2D eigenvalue weighted by atomic mass is 79.9. The van der Waals surface area contributed by atoms with Crippen molar-refractivity contribution in [3.63, 3.8) is 0 Å². The monoisotopic (exact) mass is 474 g/mol. The summed E-state index contributed by atoms with van der Waals surface area (Å²) in [6.07, 6.45) is 2.36. The zero-order valence-corrected chi connectivity index (χ0v) is 17.9. The molecule has 0 radical (unpaired) electrons. The van der Waals surface area contributed by atoms with Gasteiger partial charge in [-0.1, -0.05) is 30.3 Å². The molecule has 0 bridgehead atoms. The van der Waals surface area contributed by atoms with E-state index in [0.717, 1.165) is 16.5 Å². The summed E-state index contributed by atoms with van der Waals surface area (Å²) >= 11 is 3.30. The highest BCUT2D eigenvalue weighted by molar-refractivity contribution is 9.10. The quantitative estimate of drug-likeness (QED) is 0.669. The van der Waals surface area contributed by atoms with Crippen LogP contribution in [0.1, 0.15) is 18.4 Å². The lowest BCUT2D eigenvalue weighted by atomic mass is 9.97. The molecule has 0 aliphatic carbocycles. The van der Waals surface area contributed by atoms with E-state index in [2.05, 4.69) is 31.5 Å². The fourth-order valence-corrected chi connectivity index (χ4v) is 3.36. The molecule has 2 heterocycles. The number of likely N-dealkylation sites (tertiary alicyclic amines) is 1. The summed E-state index contributed by atoms with van der Waals surface area (Å²) < 4.78 is 5.93. The van der Waals surface area contributed by atoms with Gasteiger partial charge in [0.1, 0.15) is 19.0 Å². The normalized spacial score (nSPS) is 15.9. The lowest BCUT2D eigenvalue weighted by molar-refractivity contribution is -0.133. The van der Waals surface area contributed by atoms with E-state index in [1.807, 2.05) is 30.3 Å². The number of ether oxygens (including phenoxy) is 1. The molecule has 0 spiro atoms. The van der Waals surface area contributed by atoms with E-state index in [1.165, 1.54) is 0 Å². The molecule has 1 saturated heterocycles. The second kappa shape index (κ2) is 10.7. The number of halogens is 1. The molecule has 1 aliphatic rings. The Morgan fingerprint density at radius 3 is 2.70 bits per heavy atom. The summed E-state index contributed by atoms with van der Waals surface area (Å²) in [7, 11) is 0. The summed E-state index contributed by atoms with van der Waals surface area (Å²) in [5.41, 5.74) is 0.865.